The van der Waals surface area contributed by atoms with Gasteiger partial charge in [0.05, 0.1) is 12.0 Å². The number of carbonyl (C=O) groups is 1. The molecule has 0 aliphatic rings. The molecule has 7 nitrogen and oxygen atoms in total. The Morgan fingerprint density at radius 3 is 2.19 bits per heavy atom. The molecule has 0 fully saturated rings. The number of ether oxygens (including phenoxy) is 2. The van der Waals surface area contributed by atoms with Gasteiger partial charge >= 0.3 is 0 Å². The van der Waals surface area contributed by atoms with Crippen LogP contribution in [0.4, 0.5) is 5.69 Å². The number of rotatable bonds is 9. The van der Waals surface area contributed by atoms with E-state index >= 15 is 0 Å². The minimum Gasteiger partial charge on any atom is -0.497 e. The Bertz CT molecular complexity index is 849. The van der Waals surface area contributed by atoms with Gasteiger partial charge in [0.15, 0.2) is 6.61 Å². The first-order chi connectivity index (χ1) is 12.8. The maximum atomic E-state index is 12.2. The highest BCUT2D eigenvalue weighted by Crippen LogP contribution is 2.17. The molecule has 0 aliphatic carbocycles. The lowest BCUT2D eigenvalue weighted by molar-refractivity contribution is -0.118. The van der Waals surface area contributed by atoms with Crippen molar-refractivity contribution in [3.8, 4) is 11.5 Å². The summed E-state index contributed by atoms with van der Waals surface area (Å²) >= 11 is 0. The zero-order chi connectivity index (χ0) is 19.9. The molecule has 8 heteroatoms. The minimum atomic E-state index is -3.56. The van der Waals surface area contributed by atoms with Crippen molar-refractivity contribution < 1.29 is 22.7 Å². The molecule has 0 spiro atoms. The zero-order valence-electron chi connectivity index (χ0n) is 15.6. The van der Waals surface area contributed by atoms with E-state index in [2.05, 4.69) is 10.0 Å². The van der Waals surface area contributed by atoms with Gasteiger partial charge in [0, 0.05) is 11.7 Å². The molecule has 1 atom stereocenters. The summed E-state index contributed by atoms with van der Waals surface area (Å²) < 4.78 is 37.4. The van der Waals surface area contributed by atoms with Gasteiger partial charge in [0.2, 0.25) is 10.0 Å². The van der Waals surface area contributed by atoms with Crippen LogP contribution in [-0.2, 0) is 14.8 Å². The lowest BCUT2D eigenvalue weighted by Crippen LogP contribution is -2.31. The number of hydrogen-bond donors (Lipinski definition) is 2. The third-order valence-electron chi connectivity index (χ3n) is 3.85. The molecule has 1 unspecified atom stereocenters. The fraction of sp³-hybridized carbons (Fsp3) is 0.316. The summed E-state index contributed by atoms with van der Waals surface area (Å²) in [4.78, 5) is 12.1. The van der Waals surface area contributed by atoms with Crippen LogP contribution in [-0.4, -0.2) is 34.1 Å². The molecule has 2 aromatic carbocycles. The number of hydrogen-bond acceptors (Lipinski definition) is 5. The van der Waals surface area contributed by atoms with Crippen LogP contribution >= 0.6 is 0 Å². The molecule has 0 aliphatic heterocycles. The lowest BCUT2D eigenvalue weighted by Gasteiger charge is -2.12. The quantitative estimate of drug-likeness (QED) is 0.684. The number of methoxy groups -OCH3 is 1. The van der Waals surface area contributed by atoms with Crippen molar-refractivity contribution in [1.82, 2.24) is 4.72 Å². The van der Waals surface area contributed by atoms with E-state index in [1.54, 1.807) is 38.3 Å². The third-order valence-corrected chi connectivity index (χ3v) is 5.45. The third kappa shape index (κ3) is 6.26. The molecular formula is C19H24N2O5S. The first kappa shape index (κ1) is 20.7. The Kier molecular flexibility index (Phi) is 7.20. The van der Waals surface area contributed by atoms with Crippen LogP contribution in [0.25, 0.3) is 0 Å². The summed E-state index contributed by atoms with van der Waals surface area (Å²) in [6.45, 7) is 3.51. The van der Waals surface area contributed by atoms with Gasteiger partial charge in [-0.2, -0.15) is 0 Å². The Hall–Kier alpha value is -2.58. The van der Waals surface area contributed by atoms with Gasteiger partial charge in [-0.05, 0) is 61.9 Å². The maximum Gasteiger partial charge on any atom is 0.262 e. The average molecular weight is 392 g/mol. The van der Waals surface area contributed by atoms with Gasteiger partial charge in [0.25, 0.3) is 5.91 Å². The Morgan fingerprint density at radius 1 is 1.04 bits per heavy atom. The average Bonchev–Trinajstić information content (AvgIpc) is 2.67. The normalized spacial score (nSPS) is 12.3. The van der Waals surface area contributed by atoms with Crippen LogP contribution in [0.5, 0.6) is 11.5 Å². The van der Waals surface area contributed by atoms with Crippen LogP contribution < -0.4 is 19.5 Å². The van der Waals surface area contributed by atoms with Crippen molar-refractivity contribution in [1.29, 1.82) is 0 Å². The van der Waals surface area contributed by atoms with Gasteiger partial charge in [-0.15, -0.1) is 0 Å². The molecule has 0 radical (unpaired) electrons. The fourth-order valence-electron chi connectivity index (χ4n) is 2.15. The van der Waals surface area contributed by atoms with Gasteiger partial charge in [-0.3, -0.25) is 4.79 Å². The Morgan fingerprint density at radius 2 is 1.63 bits per heavy atom. The number of nitrogens with one attached hydrogen (secondary N) is 2. The van der Waals surface area contributed by atoms with E-state index in [0.29, 0.717) is 23.6 Å². The molecule has 0 aromatic heterocycles. The molecule has 0 saturated carbocycles. The van der Waals surface area contributed by atoms with Crippen LogP contribution in [0, 0.1) is 0 Å². The molecule has 0 heterocycles. The molecule has 0 bridgehead atoms. The maximum absolute atomic E-state index is 12.2. The Balaban J connectivity index is 1.89. The molecule has 2 rings (SSSR count). The lowest BCUT2D eigenvalue weighted by atomic mass is 10.3. The highest BCUT2D eigenvalue weighted by molar-refractivity contribution is 7.89. The van der Waals surface area contributed by atoms with Crippen LogP contribution in [0.3, 0.4) is 0 Å². The number of carbonyl (C=O) groups excluding carboxylic acids is 1. The largest absolute Gasteiger partial charge is 0.497 e. The molecule has 0 saturated heterocycles. The van der Waals surface area contributed by atoms with Gasteiger partial charge in [-0.1, -0.05) is 6.92 Å². The standard InChI is InChI=1S/C19H24N2O5S/c1-4-14(2)21-27(23,24)18-11-9-17(10-12-18)26-13-19(22)20-15-5-7-16(25-3)8-6-15/h5-12,14,21H,4,13H2,1-3H3,(H,20,22). The van der Waals surface area contributed by atoms with E-state index < -0.39 is 10.0 Å². The van der Waals surface area contributed by atoms with E-state index in [1.165, 1.54) is 24.3 Å². The summed E-state index contributed by atoms with van der Waals surface area (Å²) in [5.41, 5.74) is 0.627. The van der Waals surface area contributed by atoms with Crippen molar-refractivity contribution in [2.24, 2.45) is 0 Å². The number of anilines is 1. The smallest absolute Gasteiger partial charge is 0.262 e. The molecule has 2 N–H and O–H groups in total. The highest BCUT2D eigenvalue weighted by Gasteiger charge is 2.16. The molecule has 2 aromatic rings. The van der Waals surface area contributed by atoms with Gasteiger partial charge in [0.1, 0.15) is 11.5 Å². The fourth-order valence-corrected chi connectivity index (χ4v) is 3.48. The summed E-state index contributed by atoms with van der Waals surface area (Å²) in [6, 6.07) is 12.7. The monoisotopic (exact) mass is 392 g/mol. The van der Waals surface area contributed by atoms with E-state index in [1.807, 2.05) is 6.92 Å². The van der Waals surface area contributed by atoms with E-state index in [-0.39, 0.29) is 23.5 Å². The summed E-state index contributed by atoms with van der Waals surface area (Å²) in [5, 5.41) is 2.70. The predicted octanol–water partition coefficient (Wildman–Crippen LogP) is 2.79. The SMILES string of the molecule is CCC(C)NS(=O)(=O)c1ccc(OCC(=O)Nc2ccc(OC)cc2)cc1. The molecule has 27 heavy (non-hydrogen) atoms. The number of benzene rings is 2. The summed E-state index contributed by atoms with van der Waals surface area (Å²) in [7, 11) is -1.99. The Labute approximate surface area is 159 Å². The van der Waals surface area contributed by atoms with Crippen molar-refractivity contribution >= 4 is 21.6 Å². The van der Waals surface area contributed by atoms with Gasteiger partial charge in [-0.25, -0.2) is 13.1 Å². The van der Waals surface area contributed by atoms with Crippen molar-refractivity contribution in [2.45, 2.75) is 31.2 Å². The topological polar surface area (TPSA) is 93.7 Å². The number of sulfonamides is 1. The highest BCUT2D eigenvalue weighted by atomic mass is 32.2. The van der Waals surface area contributed by atoms with E-state index in [9.17, 15) is 13.2 Å². The van der Waals surface area contributed by atoms with Crippen molar-refractivity contribution in [3.63, 3.8) is 0 Å². The van der Waals surface area contributed by atoms with E-state index in [0.717, 1.165) is 0 Å². The summed E-state index contributed by atoms with van der Waals surface area (Å²) in [5.74, 6) is 0.778. The predicted molar refractivity (Wildman–Crippen MR) is 104 cm³/mol. The molecular weight excluding hydrogens is 368 g/mol. The van der Waals surface area contributed by atoms with E-state index in [4.69, 9.17) is 9.47 Å². The first-order valence-corrected chi connectivity index (χ1v) is 10.0. The second-order valence-corrected chi connectivity index (χ2v) is 7.68. The molecule has 146 valence electrons. The van der Waals surface area contributed by atoms with Crippen LogP contribution in [0.15, 0.2) is 53.4 Å². The van der Waals surface area contributed by atoms with Gasteiger partial charge < -0.3 is 14.8 Å². The molecule has 1 amide bonds. The second kappa shape index (κ2) is 9.38. The van der Waals surface area contributed by atoms with Crippen LogP contribution in [0.2, 0.25) is 0 Å². The summed E-state index contributed by atoms with van der Waals surface area (Å²) in [6.07, 6.45) is 0.698. The zero-order valence-corrected chi connectivity index (χ0v) is 16.4. The van der Waals surface area contributed by atoms with Crippen molar-refractivity contribution in [3.05, 3.63) is 48.5 Å². The first-order valence-electron chi connectivity index (χ1n) is 8.53. The second-order valence-electron chi connectivity index (χ2n) is 5.97. The number of amides is 1. The van der Waals surface area contributed by atoms with Crippen molar-refractivity contribution in [2.75, 3.05) is 19.0 Å². The van der Waals surface area contributed by atoms with Crippen LogP contribution in [0.1, 0.15) is 20.3 Å². The minimum absolute atomic E-state index is 0.146.